The van der Waals surface area contributed by atoms with Gasteiger partial charge in [0.05, 0.1) is 31.7 Å². The zero-order valence-corrected chi connectivity index (χ0v) is 24.7. The second-order valence-electron chi connectivity index (χ2n) is 11.1. The van der Waals surface area contributed by atoms with Gasteiger partial charge < -0.3 is 40.1 Å². The third kappa shape index (κ3) is 6.52. The fourth-order valence-electron chi connectivity index (χ4n) is 6.07. The summed E-state index contributed by atoms with van der Waals surface area (Å²) in [4.78, 5) is 61.4. The van der Waals surface area contributed by atoms with Crippen molar-refractivity contribution in [3.8, 4) is 23.0 Å². The highest BCUT2D eigenvalue weighted by atomic mass is 16.6. The van der Waals surface area contributed by atoms with E-state index in [-0.39, 0.29) is 71.2 Å². The Morgan fingerprint density at radius 3 is 1.87 bits per heavy atom. The molecule has 15 nitrogen and oxygen atoms in total. The van der Waals surface area contributed by atoms with Crippen LogP contribution >= 0.6 is 0 Å². The van der Waals surface area contributed by atoms with Crippen LogP contribution in [0.3, 0.4) is 0 Å². The summed E-state index contributed by atoms with van der Waals surface area (Å²) in [5.41, 5.74) is -0.0726. The Bertz CT molecular complexity index is 1760. The van der Waals surface area contributed by atoms with Crippen molar-refractivity contribution in [1.82, 2.24) is 9.80 Å². The van der Waals surface area contributed by atoms with Gasteiger partial charge in [-0.2, -0.15) is 0 Å². The number of carboxylic acid groups (broad SMARTS) is 4. The summed E-state index contributed by atoms with van der Waals surface area (Å²) < 4.78 is 12.4. The molecule has 5 rings (SSSR count). The molecule has 47 heavy (non-hydrogen) atoms. The van der Waals surface area contributed by atoms with E-state index in [1.165, 1.54) is 24.3 Å². The highest BCUT2D eigenvalue weighted by molar-refractivity contribution is 5.97. The molecule has 1 atom stereocenters. The maximum atomic E-state index is 13.3. The van der Waals surface area contributed by atoms with Crippen molar-refractivity contribution in [2.45, 2.75) is 18.4 Å². The summed E-state index contributed by atoms with van der Waals surface area (Å²) in [7, 11) is 0. The number of aliphatic carboxylic acids is 4. The minimum atomic E-state index is -1.65. The van der Waals surface area contributed by atoms with Gasteiger partial charge in [-0.1, -0.05) is 18.2 Å². The number of ether oxygens (including phenoxy) is 2. The Hall–Kier alpha value is -5.67. The van der Waals surface area contributed by atoms with Crippen molar-refractivity contribution >= 4 is 29.8 Å². The number of phenols is 2. The van der Waals surface area contributed by atoms with Crippen molar-refractivity contribution in [3.05, 3.63) is 81.9 Å². The second kappa shape index (κ2) is 13.0. The highest BCUT2D eigenvalue weighted by Gasteiger charge is 2.54. The number of rotatable bonds is 14. The van der Waals surface area contributed by atoms with Gasteiger partial charge in [-0.15, -0.1) is 0 Å². The van der Waals surface area contributed by atoms with E-state index in [0.29, 0.717) is 11.1 Å². The second-order valence-corrected chi connectivity index (χ2v) is 11.1. The predicted octanol–water partition coefficient (Wildman–Crippen LogP) is 1.69. The van der Waals surface area contributed by atoms with Gasteiger partial charge in [-0.05, 0) is 42.7 Å². The fraction of sp³-hybridized carbons (Fsp3) is 0.281. The van der Waals surface area contributed by atoms with E-state index in [2.05, 4.69) is 0 Å². The molecular weight excluding hydrogens is 620 g/mol. The first-order valence-electron chi connectivity index (χ1n) is 14.3. The molecule has 0 fully saturated rings. The monoisotopic (exact) mass is 650 g/mol. The number of carboxylic acids is 4. The van der Waals surface area contributed by atoms with Crippen molar-refractivity contribution in [2.75, 3.05) is 39.3 Å². The fourth-order valence-corrected chi connectivity index (χ4v) is 6.07. The van der Waals surface area contributed by atoms with Crippen LogP contribution in [0.1, 0.15) is 38.2 Å². The molecule has 2 aliphatic rings. The number of esters is 1. The van der Waals surface area contributed by atoms with Crippen molar-refractivity contribution in [1.29, 1.82) is 0 Å². The number of nitrogens with zero attached hydrogens (tertiary/aromatic N) is 2. The van der Waals surface area contributed by atoms with Gasteiger partial charge in [0, 0.05) is 41.4 Å². The lowest BCUT2D eigenvalue weighted by molar-refractivity contribution is -0.143. The number of phenolic OH excluding ortho intramolecular Hbond substituents is 2. The lowest BCUT2D eigenvalue weighted by Crippen LogP contribution is -2.37. The molecule has 6 N–H and O–H groups in total. The van der Waals surface area contributed by atoms with Gasteiger partial charge >= 0.3 is 29.8 Å². The zero-order valence-electron chi connectivity index (χ0n) is 24.7. The molecule has 0 amide bonds. The number of carbonyl (C=O) groups excluding carboxylic acids is 1. The van der Waals surface area contributed by atoms with E-state index in [4.69, 9.17) is 9.47 Å². The third-order valence-corrected chi connectivity index (χ3v) is 7.95. The van der Waals surface area contributed by atoms with Crippen LogP contribution in [0, 0.1) is 0 Å². The number of carbonyl (C=O) groups is 5. The van der Waals surface area contributed by atoms with E-state index in [0.717, 1.165) is 9.80 Å². The van der Waals surface area contributed by atoms with Crippen LogP contribution in [-0.4, -0.2) is 110 Å². The molecule has 0 saturated carbocycles. The molecule has 0 aromatic heterocycles. The number of hydrogen-bond donors (Lipinski definition) is 6. The lowest BCUT2D eigenvalue weighted by Gasteiger charge is -2.38. The molecule has 3 aromatic rings. The standard InChI is InChI=1S/C32H30N2O13/c35-18-5-6-22-24(12-18)46-30-20(8-10-34(15-27(40)41)16-28(42)43)29(44)17(7-9-33(13-25(36)37)14-26(38)39)11-23(30)32(22)21-4-2-1-3-19(21)31(45)47-32/h1-6,11-12,35,44H,7-10,13-16H2,(H,36,37)(H,38,39)(H,40,41)(H,42,43). The molecular formula is C32H30N2O13. The highest BCUT2D eigenvalue weighted by Crippen LogP contribution is 2.58. The van der Waals surface area contributed by atoms with Crippen LogP contribution in [0.2, 0.25) is 0 Å². The van der Waals surface area contributed by atoms with Gasteiger partial charge in [0.1, 0.15) is 23.0 Å². The number of aromatic hydroxyl groups is 2. The first kappa shape index (κ1) is 32.7. The first-order chi connectivity index (χ1) is 22.3. The third-order valence-electron chi connectivity index (χ3n) is 7.95. The number of benzene rings is 3. The minimum absolute atomic E-state index is 0.0207. The molecule has 0 saturated heterocycles. The molecule has 0 radical (unpaired) electrons. The summed E-state index contributed by atoms with van der Waals surface area (Å²) in [5, 5.41) is 59.3. The molecule has 0 bridgehead atoms. The summed E-state index contributed by atoms with van der Waals surface area (Å²) in [5.74, 6) is -6.16. The van der Waals surface area contributed by atoms with Crippen molar-refractivity contribution in [2.24, 2.45) is 0 Å². The topological polar surface area (TPSA) is 232 Å². The van der Waals surface area contributed by atoms with E-state index < -0.39 is 61.6 Å². The largest absolute Gasteiger partial charge is 0.508 e. The molecule has 0 aliphatic carbocycles. The minimum Gasteiger partial charge on any atom is -0.508 e. The smallest absolute Gasteiger partial charge is 0.340 e. The molecule has 15 heteroatoms. The molecule has 2 aliphatic heterocycles. The maximum Gasteiger partial charge on any atom is 0.340 e. The number of hydrogen-bond acceptors (Lipinski definition) is 11. The van der Waals surface area contributed by atoms with Crippen LogP contribution in [-0.2, 0) is 42.4 Å². The SMILES string of the molecule is O=C(O)CN(CCc1cc2c(c(CCN(CC(=O)O)CC(=O)O)c1O)Oc1cc(O)ccc1C21OC(=O)c2ccccc21)CC(=O)O. The van der Waals surface area contributed by atoms with Crippen molar-refractivity contribution in [3.63, 3.8) is 0 Å². The molecule has 246 valence electrons. The Kier molecular flexibility index (Phi) is 9.03. The quantitative estimate of drug-likeness (QED) is 0.136. The summed E-state index contributed by atoms with van der Waals surface area (Å²) >= 11 is 0. The zero-order chi connectivity index (χ0) is 34.0. The van der Waals surface area contributed by atoms with Gasteiger partial charge in [0.2, 0.25) is 0 Å². The summed E-state index contributed by atoms with van der Waals surface area (Å²) in [6, 6.07) is 12.4. The van der Waals surface area contributed by atoms with Crippen LogP contribution < -0.4 is 4.74 Å². The van der Waals surface area contributed by atoms with E-state index in [9.17, 15) is 54.6 Å². The van der Waals surface area contributed by atoms with E-state index >= 15 is 0 Å². The van der Waals surface area contributed by atoms with Gasteiger partial charge in [-0.25, -0.2) is 4.79 Å². The normalized spacial score (nSPS) is 15.9. The van der Waals surface area contributed by atoms with E-state index in [1.807, 2.05) is 0 Å². The molecule has 2 heterocycles. The van der Waals surface area contributed by atoms with Gasteiger partial charge in [0.15, 0.2) is 5.60 Å². The van der Waals surface area contributed by atoms with Crippen LogP contribution in [0.15, 0.2) is 48.5 Å². The van der Waals surface area contributed by atoms with E-state index in [1.54, 1.807) is 24.3 Å². The Labute approximate surface area is 266 Å². The van der Waals surface area contributed by atoms with Gasteiger partial charge in [-0.3, -0.25) is 29.0 Å². The Balaban J connectivity index is 1.70. The number of fused-ring (bicyclic) bond motifs is 6. The Morgan fingerprint density at radius 1 is 0.702 bits per heavy atom. The lowest BCUT2D eigenvalue weighted by atomic mass is 9.76. The first-order valence-corrected chi connectivity index (χ1v) is 14.3. The summed E-state index contributed by atoms with van der Waals surface area (Å²) in [6.07, 6.45) is -0.231. The van der Waals surface area contributed by atoms with Gasteiger partial charge in [0.25, 0.3) is 0 Å². The summed E-state index contributed by atoms with van der Waals surface area (Å²) in [6.45, 7) is -2.74. The average molecular weight is 651 g/mol. The average Bonchev–Trinajstić information content (AvgIpc) is 3.27. The van der Waals surface area contributed by atoms with Crippen LogP contribution in [0.4, 0.5) is 0 Å². The maximum absolute atomic E-state index is 13.3. The van der Waals surface area contributed by atoms with Crippen LogP contribution in [0.25, 0.3) is 0 Å². The predicted molar refractivity (Wildman–Crippen MR) is 159 cm³/mol. The molecule has 3 aromatic carbocycles. The molecule has 1 spiro atoms. The molecule has 1 unspecified atom stereocenters. The van der Waals surface area contributed by atoms with Crippen LogP contribution in [0.5, 0.6) is 23.0 Å². The van der Waals surface area contributed by atoms with Crippen molar-refractivity contribution < 1.29 is 64.1 Å². The Morgan fingerprint density at radius 2 is 1.28 bits per heavy atom.